The molecule has 0 unspecified atom stereocenters. The SMILES string of the molecule is C=Cc1ccc(CP(=O)(C(=O)c2c(C)cc(C)cc2C)C(=O)c2c(C)cc(C)cc2C)cc1. The second kappa shape index (κ2) is 9.45. The van der Waals surface area contributed by atoms with Crippen molar-refractivity contribution in [2.45, 2.75) is 47.7 Å². The summed E-state index contributed by atoms with van der Waals surface area (Å²) in [5.41, 5.74) is 6.27. The molecule has 0 radical (unpaired) electrons. The van der Waals surface area contributed by atoms with Crippen molar-refractivity contribution in [1.82, 2.24) is 0 Å². The fourth-order valence-electron chi connectivity index (χ4n) is 4.65. The first-order valence-corrected chi connectivity index (χ1v) is 12.9. The van der Waals surface area contributed by atoms with Gasteiger partial charge in [0.05, 0.1) is 0 Å². The first-order chi connectivity index (χ1) is 15.5. The average Bonchev–Trinajstić information content (AvgIpc) is 2.72. The lowest BCUT2D eigenvalue weighted by molar-refractivity contribution is 0.103. The highest BCUT2D eigenvalue weighted by atomic mass is 31.2. The third-order valence-corrected chi connectivity index (χ3v) is 8.63. The van der Waals surface area contributed by atoms with Gasteiger partial charge in [0.2, 0.25) is 18.2 Å². The van der Waals surface area contributed by atoms with E-state index in [0.717, 1.165) is 38.9 Å². The largest absolute Gasteiger partial charge is 0.306 e. The summed E-state index contributed by atoms with van der Waals surface area (Å²) in [5.74, 6) is 0. The minimum atomic E-state index is -4.03. The maximum absolute atomic E-state index is 14.6. The van der Waals surface area contributed by atoms with Gasteiger partial charge in [-0.15, -0.1) is 0 Å². The van der Waals surface area contributed by atoms with Crippen LogP contribution in [0.4, 0.5) is 0 Å². The predicted octanol–water partition coefficient (Wildman–Crippen LogP) is 7.72. The molecule has 0 aliphatic rings. The van der Waals surface area contributed by atoms with Gasteiger partial charge in [-0.2, -0.15) is 0 Å². The molecule has 170 valence electrons. The second-order valence-corrected chi connectivity index (χ2v) is 11.6. The first-order valence-electron chi connectivity index (χ1n) is 11.0. The van der Waals surface area contributed by atoms with Gasteiger partial charge in [-0.1, -0.05) is 72.3 Å². The fourth-order valence-corrected chi connectivity index (χ4v) is 7.27. The summed E-state index contributed by atoms with van der Waals surface area (Å²) in [7, 11) is -4.03. The average molecular weight is 459 g/mol. The third kappa shape index (κ3) is 4.84. The van der Waals surface area contributed by atoms with E-state index in [-0.39, 0.29) is 6.16 Å². The Morgan fingerprint density at radius 1 is 0.727 bits per heavy atom. The summed E-state index contributed by atoms with van der Waals surface area (Å²) in [6.07, 6.45) is 1.61. The highest BCUT2D eigenvalue weighted by Gasteiger charge is 2.43. The summed E-state index contributed by atoms with van der Waals surface area (Å²) in [6.45, 7) is 15.0. The van der Waals surface area contributed by atoms with Crippen molar-refractivity contribution in [3.63, 3.8) is 0 Å². The third-order valence-electron chi connectivity index (χ3n) is 6.06. The van der Waals surface area contributed by atoms with Crippen LogP contribution < -0.4 is 0 Å². The Kier molecular flexibility index (Phi) is 7.05. The predicted molar refractivity (Wildman–Crippen MR) is 138 cm³/mol. The van der Waals surface area contributed by atoms with Crippen LogP contribution in [0.25, 0.3) is 6.08 Å². The zero-order valence-corrected chi connectivity index (χ0v) is 21.2. The van der Waals surface area contributed by atoms with Crippen LogP contribution in [0.15, 0.2) is 55.1 Å². The lowest BCUT2D eigenvalue weighted by Crippen LogP contribution is -2.17. The molecule has 3 nitrogen and oxygen atoms in total. The normalized spacial score (nSPS) is 11.3. The smallest absolute Gasteiger partial charge is 0.229 e. The van der Waals surface area contributed by atoms with E-state index in [4.69, 9.17) is 0 Å². The molecule has 0 spiro atoms. The van der Waals surface area contributed by atoms with Crippen molar-refractivity contribution in [2.24, 2.45) is 0 Å². The van der Waals surface area contributed by atoms with Crippen LogP contribution in [0.2, 0.25) is 0 Å². The second-order valence-electron chi connectivity index (χ2n) is 9.00. The van der Waals surface area contributed by atoms with Gasteiger partial charge in [0, 0.05) is 17.3 Å². The number of carbonyl (C=O) groups is 2. The molecule has 4 heteroatoms. The Bertz CT molecular complexity index is 1190. The molecule has 0 N–H and O–H groups in total. The van der Waals surface area contributed by atoms with Gasteiger partial charge >= 0.3 is 0 Å². The Balaban J connectivity index is 2.22. The summed E-state index contributed by atoms with van der Waals surface area (Å²) in [6, 6.07) is 14.9. The number of hydrogen-bond donors (Lipinski definition) is 0. The summed E-state index contributed by atoms with van der Waals surface area (Å²) >= 11 is 0. The standard InChI is InChI=1S/C29H31O3P/c1-8-24-9-11-25(12-10-24)17-33(32,28(30)26-20(4)13-18(2)14-21(26)5)29(31)27-22(6)15-19(3)16-23(27)7/h8-16H,1,17H2,2-7H3. The minimum absolute atomic E-state index is 0.110. The molecule has 0 aliphatic heterocycles. The minimum Gasteiger partial charge on any atom is -0.306 e. The fraction of sp³-hybridized carbons (Fsp3) is 0.241. The van der Waals surface area contributed by atoms with Crippen LogP contribution in [-0.4, -0.2) is 11.0 Å². The Morgan fingerprint density at radius 3 is 1.42 bits per heavy atom. The molecular weight excluding hydrogens is 427 g/mol. The van der Waals surface area contributed by atoms with Crippen molar-refractivity contribution >= 4 is 24.3 Å². The molecule has 0 saturated heterocycles. The van der Waals surface area contributed by atoms with Gasteiger partial charge in [0.15, 0.2) is 0 Å². The van der Waals surface area contributed by atoms with Crippen molar-refractivity contribution in [3.05, 3.63) is 111 Å². The van der Waals surface area contributed by atoms with Crippen molar-refractivity contribution in [3.8, 4) is 0 Å². The Morgan fingerprint density at radius 2 is 1.09 bits per heavy atom. The molecule has 0 amide bonds. The van der Waals surface area contributed by atoms with Crippen molar-refractivity contribution in [2.75, 3.05) is 0 Å². The van der Waals surface area contributed by atoms with Crippen LogP contribution in [0.5, 0.6) is 0 Å². The van der Waals surface area contributed by atoms with Gasteiger partial charge in [0.25, 0.3) is 0 Å². The van der Waals surface area contributed by atoms with E-state index >= 15 is 0 Å². The molecule has 0 aromatic heterocycles. The van der Waals surface area contributed by atoms with Crippen LogP contribution in [0.3, 0.4) is 0 Å². The van der Waals surface area contributed by atoms with E-state index in [2.05, 4.69) is 6.58 Å². The maximum Gasteiger partial charge on any atom is 0.229 e. The van der Waals surface area contributed by atoms with Crippen LogP contribution in [0.1, 0.15) is 65.2 Å². The molecule has 3 aromatic rings. The van der Waals surface area contributed by atoms with Crippen molar-refractivity contribution < 1.29 is 14.2 Å². The number of hydrogen-bond acceptors (Lipinski definition) is 3. The number of rotatable bonds is 7. The van der Waals surface area contributed by atoms with Gasteiger partial charge in [-0.25, -0.2) is 0 Å². The first kappa shape index (κ1) is 24.6. The number of benzene rings is 3. The van der Waals surface area contributed by atoms with E-state index in [1.165, 1.54) is 0 Å². The summed E-state index contributed by atoms with van der Waals surface area (Å²) in [4.78, 5) is 27.9. The highest BCUT2D eigenvalue weighted by Crippen LogP contribution is 2.56. The van der Waals surface area contributed by atoms with Crippen LogP contribution in [-0.2, 0) is 10.7 Å². The summed E-state index contributed by atoms with van der Waals surface area (Å²) < 4.78 is 14.6. The number of aryl methyl sites for hydroxylation is 6. The Labute approximate surface area is 196 Å². The molecule has 3 aromatic carbocycles. The van der Waals surface area contributed by atoms with E-state index in [1.54, 1.807) is 6.08 Å². The van der Waals surface area contributed by atoms with Gasteiger partial charge in [-0.05, 0) is 74.9 Å². The molecule has 0 aliphatic carbocycles. The molecule has 0 bridgehead atoms. The van der Waals surface area contributed by atoms with E-state index in [1.807, 2.05) is 90.1 Å². The molecule has 0 fully saturated rings. The molecule has 0 saturated carbocycles. The maximum atomic E-state index is 14.6. The molecule has 0 heterocycles. The van der Waals surface area contributed by atoms with Gasteiger partial charge in [0.1, 0.15) is 0 Å². The van der Waals surface area contributed by atoms with Gasteiger partial charge in [-0.3, -0.25) is 9.59 Å². The highest BCUT2D eigenvalue weighted by molar-refractivity contribution is 7.94. The van der Waals surface area contributed by atoms with Crippen LogP contribution >= 0.6 is 7.14 Å². The molecular formula is C29H31O3P. The Hall–Kier alpha value is -3.03. The monoisotopic (exact) mass is 458 g/mol. The van der Waals surface area contributed by atoms with Gasteiger partial charge < -0.3 is 4.57 Å². The van der Waals surface area contributed by atoms with E-state index in [9.17, 15) is 14.2 Å². The van der Waals surface area contributed by atoms with E-state index in [0.29, 0.717) is 16.7 Å². The van der Waals surface area contributed by atoms with E-state index < -0.39 is 18.2 Å². The quantitative estimate of drug-likeness (QED) is 0.341. The zero-order chi connectivity index (χ0) is 24.5. The molecule has 3 rings (SSSR count). The molecule has 33 heavy (non-hydrogen) atoms. The lowest BCUT2D eigenvalue weighted by atomic mass is 10.0. The van der Waals surface area contributed by atoms with Crippen molar-refractivity contribution in [1.29, 1.82) is 0 Å². The number of carbonyl (C=O) groups excluding carboxylic acids is 2. The topological polar surface area (TPSA) is 51.2 Å². The molecule has 0 atom stereocenters. The van der Waals surface area contributed by atoms with Crippen LogP contribution in [0, 0.1) is 41.5 Å². The lowest BCUT2D eigenvalue weighted by Gasteiger charge is -2.21. The zero-order valence-electron chi connectivity index (χ0n) is 20.3. The summed E-state index contributed by atoms with van der Waals surface area (Å²) in [5, 5.41) is 0.